The van der Waals surface area contributed by atoms with Crippen molar-refractivity contribution in [2.24, 2.45) is 0 Å². The molecule has 2 aliphatic heterocycles. The van der Waals surface area contributed by atoms with Crippen LogP contribution in [0.3, 0.4) is 0 Å². The van der Waals surface area contributed by atoms with Crippen LogP contribution in [0.5, 0.6) is 0 Å². The summed E-state index contributed by atoms with van der Waals surface area (Å²) in [4.78, 5) is 25.4. The molecule has 2 aliphatic rings. The van der Waals surface area contributed by atoms with Gasteiger partial charge in [0.25, 0.3) is 0 Å². The van der Waals surface area contributed by atoms with Gasteiger partial charge >= 0.3 is 0 Å². The Morgan fingerprint density at radius 1 is 1.29 bits per heavy atom. The van der Waals surface area contributed by atoms with Crippen LogP contribution in [0.4, 0.5) is 5.82 Å². The first-order valence-corrected chi connectivity index (χ1v) is 9.52. The number of nitrogens with zero attached hydrogens (tertiary/aromatic N) is 4. The third-order valence-electron chi connectivity index (χ3n) is 4.86. The van der Waals surface area contributed by atoms with Crippen LogP contribution in [-0.2, 0) is 9.53 Å². The van der Waals surface area contributed by atoms with Gasteiger partial charge in [0.05, 0.1) is 16.3 Å². The number of ether oxygens (including phenoxy) is 1. The summed E-state index contributed by atoms with van der Waals surface area (Å²) in [6, 6.07) is 2.02. The predicted octanol–water partition coefficient (Wildman–Crippen LogP) is 2.30. The van der Waals surface area contributed by atoms with Crippen molar-refractivity contribution in [2.45, 2.75) is 31.8 Å². The Hall–Kier alpha value is -1.73. The Bertz CT molecular complexity index is 705. The second-order valence-electron chi connectivity index (χ2n) is 6.37. The number of carbonyl (C=O) groups excluding carboxylic acids is 1. The minimum absolute atomic E-state index is 0.258. The molecule has 2 aromatic rings. The average Bonchev–Trinajstić information content (AvgIpc) is 3.31. The van der Waals surface area contributed by atoms with Crippen LogP contribution in [0.25, 0.3) is 10.2 Å². The first kappa shape index (κ1) is 15.8. The lowest BCUT2D eigenvalue weighted by molar-refractivity contribution is -0.132. The number of amides is 1. The summed E-state index contributed by atoms with van der Waals surface area (Å²) in [7, 11) is 0. The number of fused-ring (bicyclic) bond motifs is 1. The van der Waals surface area contributed by atoms with Crippen LogP contribution in [-0.4, -0.2) is 59.7 Å². The number of hydrogen-bond donors (Lipinski definition) is 0. The van der Waals surface area contributed by atoms with Crippen LogP contribution < -0.4 is 4.90 Å². The molecule has 4 heterocycles. The van der Waals surface area contributed by atoms with Crippen LogP contribution in [0.15, 0.2) is 17.8 Å². The van der Waals surface area contributed by atoms with E-state index >= 15 is 0 Å². The lowest BCUT2D eigenvalue weighted by atomic mass is 10.1. The summed E-state index contributed by atoms with van der Waals surface area (Å²) in [5.74, 6) is 1.26. The summed E-state index contributed by atoms with van der Waals surface area (Å²) >= 11 is 1.68. The van der Waals surface area contributed by atoms with Crippen molar-refractivity contribution < 1.29 is 9.53 Å². The van der Waals surface area contributed by atoms with Crippen molar-refractivity contribution >= 4 is 33.3 Å². The molecule has 128 valence electrons. The highest BCUT2D eigenvalue weighted by molar-refractivity contribution is 7.17. The molecule has 6 nitrogen and oxygen atoms in total. The van der Waals surface area contributed by atoms with Gasteiger partial charge in [0, 0.05) is 39.2 Å². The first-order chi connectivity index (χ1) is 11.8. The molecule has 1 atom stereocenters. The Morgan fingerprint density at radius 2 is 2.17 bits per heavy atom. The Labute approximate surface area is 145 Å². The zero-order valence-electron chi connectivity index (χ0n) is 13.7. The largest absolute Gasteiger partial charge is 0.378 e. The van der Waals surface area contributed by atoms with Gasteiger partial charge in [-0.15, -0.1) is 11.3 Å². The van der Waals surface area contributed by atoms with Crippen LogP contribution in [0.1, 0.15) is 25.7 Å². The normalized spacial score (nSPS) is 21.6. The van der Waals surface area contributed by atoms with Crippen LogP contribution >= 0.6 is 11.3 Å². The van der Waals surface area contributed by atoms with E-state index in [1.807, 2.05) is 16.3 Å². The average molecular weight is 346 g/mol. The van der Waals surface area contributed by atoms with Crippen molar-refractivity contribution in [3.05, 3.63) is 17.8 Å². The fourth-order valence-corrected chi connectivity index (χ4v) is 4.35. The Morgan fingerprint density at radius 3 is 2.96 bits per heavy atom. The number of rotatable bonds is 4. The molecule has 24 heavy (non-hydrogen) atoms. The summed E-state index contributed by atoms with van der Waals surface area (Å²) in [5, 5.41) is 2.05. The predicted molar refractivity (Wildman–Crippen MR) is 94.4 cm³/mol. The summed E-state index contributed by atoms with van der Waals surface area (Å²) in [6.07, 6.45) is 5.63. The van der Waals surface area contributed by atoms with E-state index in [2.05, 4.69) is 14.9 Å². The van der Waals surface area contributed by atoms with Crippen molar-refractivity contribution in [1.29, 1.82) is 0 Å². The van der Waals surface area contributed by atoms with E-state index < -0.39 is 0 Å². The molecule has 2 saturated heterocycles. The topological polar surface area (TPSA) is 58.6 Å². The Balaban J connectivity index is 1.33. The zero-order valence-corrected chi connectivity index (χ0v) is 14.5. The molecule has 0 N–H and O–H groups in total. The molecule has 0 radical (unpaired) electrons. The maximum Gasteiger partial charge on any atom is 0.222 e. The summed E-state index contributed by atoms with van der Waals surface area (Å²) in [6.45, 7) is 4.04. The van der Waals surface area contributed by atoms with E-state index in [9.17, 15) is 4.79 Å². The number of aromatic nitrogens is 2. The van der Waals surface area contributed by atoms with Crippen molar-refractivity contribution in [3.63, 3.8) is 0 Å². The van der Waals surface area contributed by atoms with Gasteiger partial charge in [-0.05, 0) is 30.7 Å². The summed E-state index contributed by atoms with van der Waals surface area (Å²) < 4.78 is 6.74. The van der Waals surface area contributed by atoms with Gasteiger partial charge in [0.1, 0.15) is 12.1 Å². The van der Waals surface area contributed by atoms with Gasteiger partial charge in [0.2, 0.25) is 5.91 Å². The maximum atomic E-state index is 12.4. The highest BCUT2D eigenvalue weighted by Crippen LogP contribution is 2.28. The number of thiophene rings is 1. The second kappa shape index (κ2) is 7.03. The molecule has 0 saturated carbocycles. The van der Waals surface area contributed by atoms with Crippen molar-refractivity contribution in [1.82, 2.24) is 14.9 Å². The van der Waals surface area contributed by atoms with E-state index in [4.69, 9.17) is 4.74 Å². The lowest BCUT2D eigenvalue weighted by Crippen LogP contribution is -2.49. The molecule has 7 heteroatoms. The van der Waals surface area contributed by atoms with Gasteiger partial charge in [-0.2, -0.15) is 0 Å². The van der Waals surface area contributed by atoms with Crippen LogP contribution in [0, 0.1) is 0 Å². The van der Waals surface area contributed by atoms with E-state index in [1.54, 1.807) is 17.7 Å². The number of anilines is 1. The molecule has 4 rings (SSSR count). The molecule has 2 aromatic heterocycles. The molecule has 0 bridgehead atoms. The lowest BCUT2D eigenvalue weighted by Gasteiger charge is -2.35. The fourth-order valence-electron chi connectivity index (χ4n) is 3.48. The smallest absolute Gasteiger partial charge is 0.222 e. The monoisotopic (exact) mass is 346 g/mol. The molecular weight excluding hydrogens is 324 g/mol. The third-order valence-corrected chi connectivity index (χ3v) is 5.76. The van der Waals surface area contributed by atoms with Gasteiger partial charge in [-0.3, -0.25) is 4.79 Å². The van der Waals surface area contributed by atoms with E-state index in [0.717, 1.165) is 68.1 Å². The SMILES string of the molecule is O=C(CC[C@@H]1CCCO1)N1CCN(c2ncnc3ccsc23)CC1. The highest BCUT2D eigenvalue weighted by Gasteiger charge is 2.24. The molecule has 0 spiro atoms. The molecule has 1 amide bonds. The van der Waals surface area contributed by atoms with Crippen LogP contribution in [0.2, 0.25) is 0 Å². The second-order valence-corrected chi connectivity index (χ2v) is 7.29. The Kier molecular flexibility index (Phi) is 4.62. The van der Waals surface area contributed by atoms with Crippen molar-refractivity contribution in [3.8, 4) is 0 Å². The van der Waals surface area contributed by atoms with E-state index in [1.165, 1.54) is 0 Å². The summed E-state index contributed by atoms with van der Waals surface area (Å²) in [5.41, 5.74) is 1.00. The molecule has 2 fully saturated rings. The molecule has 0 aromatic carbocycles. The quantitative estimate of drug-likeness (QED) is 0.850. The molecule has 0 aliphatic carbocycles. The van der Waals surface area contributed by atoms with Gasteiger partial charge in [-0.25, -0.2) is 9.97 Å². The third kappa shape index (κ3) is 3.23. The van der Waals surface area contributed by atoms with Crippen molar-refractivity contribution in [2.75, 3.05) is 37.7 Å². The zero-order chi connectivity index (χ0) is 16.4. The van der Waals surface area contributed by atoms with Gasteiger partial charge in [0.15, 0.2) is 0 Å². The van der Waals surface area contributed by atoms with Gasteiger partial charge < -0.3 is 14.5 Å². The number of piperazine rings is 1. The highest BCUT2D eigenvalue weighted by atomic mass is 32.1. The molecular formula is C17H22N4O2S. The van der Waals surface area contributed by atoms with Gasteiger partial charge in [-0.1, -0.05) is 0 Å². The number of carbonyl (C=O) groups is 1. The van der Waals surface area contributed by atoms with E-state index in [0.29, 0.717) is 12.5 Å². The first-order valence-electron chi connectivity index (χ1n) is 8.64. The van der Waals surface area contributed by atoms with E-state index in [-0.39, 0.29) is 5.91 Å². The minimum Gasteiger partial charge on any atom is -0.378 e. The number of hydrogen-bond acceptors (Lipinski definition) is 6. The minimum atomic E-state index is 0.258. The maximum absolute atomic E-state index is 12.4. The standard InChI is InChI=1S/C17H22N4O2S/c22-15(4-3-13-2-1-10-23-13)20-6-8-21(9-7-20)17-16-14(5-11-24-16)18-12-19-17/h5,11-13H,1-4,6-10H2/t13-/m0/s1. The fraction of sp³-hybridized carbons (Fsp3) is 0.588. The molecule has 0 unspecified atom stereocenters.